The summed E-state index contributed by atoms with van der Waals surface area (Å²) < 4.78 is 29.2. The van der Waals surface area contributed by atoms with E-state index in [9.17, 15) is 9.18 Å². The van der Waals surface area contributed by atoms with Crippen LogP contribution in [0.1, 0.15) is 0 Å². The third-order valence-electron chi connectivity index (χ3n) is 2.95. The number of hydrogen-bond acceptors (Lipinski definition) is 5. The largest absolute Gasteiger partial charge is 0.493 e. The Balaban J connectivity index is 2.13. The van der Waals surface area contributed by atoms with E-state index in [0.29, 0.717) is 25.4 Å². The van der Waals surface area contributed by atoms with Gasteiger partial charge in [0.05, 0.1) is 26.5 Å². The van der Waals surface area contributed by atoms with E-state index in [1.807, 2.05) is 0 Å². The number of morpholine rings is 1. The first-order valence-corrected chi connectivity index (χ1v) is 6.20. The van der Waals surface area contributed by atoms with Crippen LogP contribution in [0.2, 0.25) is 0 Å². The normalized spacial score (nSPS) is 18.4. The summed E-state index contributed by atoms with van der Waals surface area (Å²) in [6.45, 7) is 1.56. The fourth-order valence-electron chi connectivity index (χ4n) is 1.90. The van der Waals surface area contributed by atoms with Gasteiger partial charge in [-0.1, -0.05) is 0 Å². The van der Waals surface area contributed by atoms with E-state index in [1.165, 1.54) is 20.3 Å². The predicted octanol–water partition coefficient (Wildman–Crippen LogP) is 0.770. The lowest BCUT2D eigenvalue weighted by atomic mass is 10.2. The van der Waals surface area contributed by atoms with Crippen molar-refractivity contribution in [3.63, 3.8) is 0 Å². The van der Waals surface area contributed by atoms with Gasteiger partial charge in [-0.2, -0.15) is 0 Å². The molecule has 0 aromatic heterocycles. The Kier molecular flexibility index (Phi) is 4.75. The van der Waals surface area contributed by atoms with E-state index in [4.69, 9.17) is 14.2 Å². The number of rotatable bonds is 4. The summed E-state index contributed by atoms with van der Waals surface area (Å²) in [5.41, 5.74) is 0.0295. The van der Waals surface area contributed by atoms with Gasteiger partial charge in [0.2, 0.25) is 0 Å². The number of anilines is 1. The number of hydrogen-bond donors (Lipinski definition) is 2. The van der Waals surface area contributed by atoms with Crippen LogP contribution in [0.5, 0.6) is 11.5 Å². The van der Waals surface area contributed by atoms with Crippen molar-refractivity contribution < 1.29 is 23.4 Å². The lowest BCUT2D eigenvalue weighted by Gasteiger charge is -2.23. The summed E-state index contributed by atoms with van der Waals surface area (Å²) in [5.74, 6) is -0.395. The van der Waals surface area contributed by atoms with Crippen LogP contribution in [0, 0.1) is 5.82 Å². The fourth-order valence-corrected chi connectivity index (χ4v) is 1.90. The monoisotopic (exact) mass is 284 g/mol. The Morgan fingerprint density at radius 2 is 2.10 bits per heavy atom. The van der Waals surface area contributed by atoms with Crippen molar-refractivity contribution in [1.29, 1.82) is 0 Å². The van der Waals surface area contributed by atoms with Gasteiger partial charge in [0.15, 0.2) is 17.3 Å². The van der Waals surface area contributed by atoms with Gasteiger partial charge >= 0.3 is 0 Å². The minimum absolute atomic E-state index is 0.0295. The molecule has 7 heteroatoms. The first-order chi connectivity index (χ1) is 9.65. The zero-order valence-corrected chi connectivity index (χ0v) is 11.4. The van der Waals surface area contributed by atoms with E-state index in [1.54, 1.807) is 0 Å². The Hall–Kier alpha value is -1.86. The van der Waals surface area contributed by atoms with Crippen LogP contribution in [-0.2, 0) is 9.53 Å². The second-order valence-electron chi connectivity index (χ2n) is 4.24. The van der Waals surface area contributed by atoms with Gasteiger partial charge in [0, 0.05) is 25.2 Å². The lowest BCUT2D eigenvalue weighted by molar-refractivity contribution is -0.128. The molecule has 0 radical (unpaired) electrons. The molecule has 1 heterocycles. The second kappa shape index (κ2) is 6.53. The smallest absolute Gasteiger partial charge is 0.254 e. The Morgan fingerprint density at radius 1 is 1.40 bits per heavy atom. The van der Waals surface area contributed by atoms with Crippen LogP contribution in [0.15, 0.2) is 12.1 Å². The second-order valence-corrected chi connectivity index (χ2v) is 4.24. The maximum Gasteiger partial charge on any atom is 0.254 e. The van der Waals surface area contributed by atoms with Gasteiger partial charge in [-0.05, 0) is 0 Å². The van der Waals surface area contributed by atoms with Crippen molar-refractivity contribution in [2.75, 3.05) is 39.2 Å². The highest BCUT2D eigenvalue weighted by Crippen LogP contribution is 2.32. The minimum Gasteiger partial charge on any atom is -0.493 e. The third kappa shape index (κ3) is 3.17. The summed E-state index contributed by atoms with van der Waals surface area (Å²) in [4.78, 5) is 12.0. The van der Waals surface area contributed by atoms with Gasteiger partial charge in [-0.25, -0.2) is 4.39 Å². The van der Waals surface area contributed by atoms with Crippen molar-refractivity contribution in [1.82, 2.24) is 5.32 Å². The Morgan fingerprint density at radius 3 is 2.70 bits per heavy atom. The quantitative estimate of drug-likeness (QED) is 0.854. The van der Waals surface area contributed by atoms with Crippen molar-refractivity contribution >= 4 is 11.6 Å². The molecule has 0 saturated carbocycles. The molecule has 1 aliphatic heterocycles. The molecule has 1 atom stereocenters. The standard InChI is InChI=1S/C13H17FN2O4/c1-18-10-5-8(14)9(6-11(10)19-2)16-13(17)12-7-15-3-4-20-12/h5-6,12,15H,3-4,7H2,1-2H3,(H,16,17). The number of amides is 1. The maximum atomic E-state index is 13.9. The van der Waals surface area contributed by atoms with Gasteiger partial charge in [0.1, 0.15) is 6.10 Å². The fraction of sp³-hybridized carbons (Fsp3) is 0.462. The van der Waals surface area contributed by atoms with Gasteiger partial charge < -0.3 is 24.8 Å². The molecule has 1 unspecified atom stereocenters. The number of carbonyl (C=O) groups is 1. The number of benzene rings is 1. The molecule has 20 heavy (non-hydrogen) atoms. The lowest BCUT2D eigenvalue weighted by Crippen LogP contribution is -2.45. The van der Waals surface area contributed by atoms with Gasteiger partial charge in [-0.3, -0.25) is 4.79 Å². The third-order valence-corrected chi connectivity index (χ3v) is 2.95. The summed E-state index contributed by atoms with van der Waals surface area (Å²) in [5, 5.41) is 5.52. The number of ether oxygens (including phenoxy) is 3. The molecule has 2 rings (SSSR count). The SMILES string of the molecule is COc1cc(F)c(NC(=O)C2CNCCO2)cc1OC. The minimum atomic E-state index is -0.628. The molecular formula is C13H17FN2O4. The number of carbonyl (C=O) groups excluding carboxylic acids is 1. The molecule has 1 aromatic rings. The Bertz CT molecular complexity index is 490. The molecule has 1 fully saturated rings. The molecule has 0 bridgehead atoms. The molecule has 1 saturated heterocycles. The molecule has 1 aliphatic rings. The molecule has 6 nitrogen and oxygen atoms in total. The highest BCUT2D eigenvalue weighted by atomic mass is 19.1. The number of halogens is 1. The van der Waals surface area contributed by atoms with Crippen LogP contribution in [-0.4, -0.2) is 45.9 Å². The Labute approximate surface area is 116 Å². The summed E-state index contributed by atoms with van der Waals surface area (Å²) in [6.07, 6.45) is -0.628. The maximum absolute atomic E-state index is 13.9. The zero-order chi connectivity index (χ0) is 14.5. The average molecular weight is 284 g/mol. The average Bonchev–Trinajstić information content (AvgIpc) is 2.49. The molecule has 1 aromatic carbocycles. The van der Waals surface area contributed by atoms with E-state index >= 15 is 0 Å². The van der Waals surface area contributed by atoms with Crippen molar-refractivity contribution in [2.24, 2.45) is 0 Å². The first kappa shape index (κ1) is 14.5. The van der Waals surface area contributed by atoms with Crippen molar-refractivity contribution in [3.8, 4) is 11.5 Å². The number of nitrogens with one attached hydrogen (secondary N) is 2. The molecule has 0 aliphatic carbocycles. The molecular weight excluding hydrogens is 267 g/mol. The highest BCUT2D eigenvalue weighted by Gasteiger charge is 2.23. The van der Waals surface area contributed by atoms with Crippen LogP contribution in [0.3, 0.4) is 0 Å². The van der Waals surface area contributed by atoms with Crippen LogP contribution < -0.4 is 20.1 Å². The summed E-state index contributed by atoms with van der Waals surface area (Å²) in [7, 11) is 2.85. The summed E-state index contributed by atoms with van der Waals surface area (Å²) >= 11 is 0. The van der Waals surface area contributed by atoms with Crippen molar-refractivity contribution in [3.05, 3.63) is 17.9 Å². The van der Waals surface area contributed by atoms with E-state index in [2.05, 4.69) is 10.6 Å². The molecule has 110 valence electrons. The molecule has 2 N–H and O–H groups in total. The van der Waals surface area contributed by atoms with Crippen LogP contribution in [0.25, 0.3) is 0 Å². The van der Waals surface area contributed by atoms with Crippen LogP contribution >= 0.6 is 0 Å². The summed E-state index contributed by atoms with van der Waals surface area (Å²) in [6, 6.07) is 2.54. The molecule has 0 spiro atoms. The zero-order valence-electron chi connectivity index (χ0n) is 11.4. The van der Waals surface area contributed by atoms with Crippen LogP contribution in [0.4, 0.5) is 10.1 Å². The van der Waals surface area contributed by atoms with Crippen molar-refractivity contribution in [2.45, 2.75) is 6.10 Å². The predicted molar refractivity (Wildman–Crippen MR) is 70.7 cm³/mol. The van der Waals surface area contributed by atoms with E-state index < -0.39 is 17.8 Å². The topological polar surface area (TPSA) is 68.8 Å². The van der Waals surface area contributed by atoms with E-state index in [-0.39, 0.29) is 11.4 Å². The molecule has 1 amide bonds. The number of methoxy groups -OCH3 is 2. The highest BCUT2D eigenvalue weighted by molar-refractivity contribution is 5.94. The first-order valence-electron chi connectivity index (χ1n) is 6.20. The van der Waals surface area contributed by atoms with Gasteiger partial charge in [0.25, 0.3) is 5.91 Å². The van der Waals surface area contributed by atoms with E-state index in [0.717, 1.165) is 6.07 Å². The van der Waals surface area contributed by atoms with Gasteiger partial charge in [-0.15, -0.1) is 0 Å².